The maximum absolute atomic E-state index is 12.7. The molecule has 2 aliphatic heterocycles. The van der Waals surface area contributed by atoms with Crippen LogP contribution in [0, 0.1) is 0 Å². The number of aromatic carboxylic acids is 1. The van der Waals surface area contributed by atoms with E-state index in [0.29, 0.717) is 36.5 Å². The normalized spacial score (nSPS) is 24.3. The lowest BCUT2D eigenvalue weighted by Gasteiger charge is -2.32. The van der Waals surface area contributed by atoms with Crippen molar-refractivity contribution in [2.75, 3.05) is 6.61 Å². The first-order valence-corrected chi connectivity index (χ1v) is 11.6. The van der Waals surface area contributed by atoms with Gasteiger partial charge in [0.1, 0.15) is 11.7 Å². The zero-order valence-electron chi connectivity index (χ0n) is 16.0. The molecule has 8 heteroatoms. The summed E-state index contributed by atoms with van der Waals surface area (Å²) >= 11 is 0. The minimum absolute atomic E-state index is 0.0849. The van der Waals surface area contributed by atoms with Crippen molar-refractivity contribution in [1.29, 1.82) is 0 Å². The summed E-state index contributed by atoms with van der Waals surface area (Å²) in [5.74, 6) is -1.24. The second kappa shape index (κ2) is 5.92. The fourth-order valence-electron chi connectivity index (χ4n) is 5.09. The number of hydrogen-bond acceptors (Lipinski definition) is 5. The molecule has 2 atom stereocenters. The van der Waals surface area contributed by atoms with Crippen LogP contribution in [0.1, 0.15) is 52.5 Å². The third kappa shape index (κ3) is 2.37. The van der Waals surface area contributed by atoms with E-state index in [9.17, 15) is 23.1 Å². The molecular weight excluding hydrogens is 406 g/mol. The number of allylic oxidation sites excluding steroid dienone is 1. The SMILES string of the molecule is O=C(O)c1cn2c(cc1=O)C1=C(c3ccc(S(=O)(=O)C4CC4)cc3C1)[C@H]1OCC[C@H]12. The third-order valence-electron chi connectivity index (χ3n) is 6.67. The second-order valence-electron chi connectivity index (χ2n) is 8.43. The lowest BCUT2D eigenvalue weighted by molar-refractivity contribution is 0.0693. The van der Waals surface area contributed by atoms with Crippen LogP contribution in [-0.4, -0.2) is 42.0 Å². The van der Waals surface area contributed by atoms with E-state index in [1.807, 2.05) is 10.6 Å². The van der Waals surface area contributed by atoms with E-state index in [0.717, 1.165) is 28.7 Å². The number of sulfone groups is 1. The van der Waals surface area contributed by atoms with E-state index in [1.54, 1.807) is 12.1 Å². The van der Waals surface area contributed by atoms with E-state index in [2.05, 4.69) is 0 Å². The molecule has 0 unspecified atom stereocenters. The average molecular weight is 425 g/mol. The lowest BCUT2D eigenvalue weighted by atomic mass is 9.89. The largest absolute Gasteiger partial charge is 0.477 e. The highest BCUT2D eigenvalue weighted by molar-refractivity contribution is 7.92. The van der Waals surface area contributed by atoms with Gasteiger partial charge in [0.15, 0.2) is 15.3 Å². The molecule has 1 saturated heterocycles. The van der Waals surface area contributed by atoms with Gasteiger partial charge in [-0.1, -0.05) is 6.07 Å². The quantitative estimate of drug-likeness (QED) is 0.810. The van der Waals surface area contributed by atoms with Crippen LogP contribution >= 0.6 is 0 Å². The number of carboxylic acid groups (broad SMARTS) is 1. The molecule has 6 rings (SSSR count). The van der Waals surface area contributed by atoms with Crippen molar-refractivity contribution in [1.82, 2.24) is 4.57 Å². The van der Waals surface area contributed by atoms with Crippen LogP contribution in [0.25, 0.3) is 11.1 Å². The molecule has 0 bridgehead atoms. The predicted molar refractivity (Wildman–Crippen MR) is 108 cm³/mol. The Labute approximate surface area is 172 Å². The van der Waals surface area contributed by atoms with Gasteiger partial charge in [0.2, 0.25) is 0 Å². The predicted octanol–water partition coefficient (Wildman–Crippen LogP) is 2.29. The molecule has 2 fully saturated rings. The Morgan fingerprint density at radius 1 is 1.17 bits per heavy atom. The van der Waals surface area contributed by atoms with Gasteiger partial charge in [-0.05, 0) is 53.7 Å². The Kier molecular flexibility index (Phi) is 3.57. The fourth-order valence-corrected chi connectivity index (χ4v) is 6.80. The number of carboxylic acids is 1. The Morgan fingerprint density at radius 2 is 1.97 bits per heavy atom. The van der Waals surface area contributed by atoms with Crippen LogP contribution in [0.3, 0.4) is 0 Å². The third-order valence-corrected chi connectivity index (χ3v) is 8.93. The maximum atomic E-state index is 12.7. The Hall–Kier alpha value is -2.71. The van der Waals surface area contributed by atoms with Gasteiger partial charge in [-0.2, -0.15) is 0 Å². The number of benzene rings is 1. The maximum Gasteiger partial charge on any atom is 0.341 e. The summed E-state index contributed by atoms with van der Waals surface area (Å²) in [6, 6.07) is 6.63. The first-order valence-electron chi connectivity index (χ1n) is 10.1. The number of rotatable bonds is 3. The van der Waals surface area contributed by atoms with E-state index in [4.69, 9.17) is 4.74 Å². The zero-order chi connectivity index (χ0) is 20.8. The van der Waals surface area contributed by atoms with Crippen LogP contribution in [0.15, 0.2) is 40.2 Å². The first-order chi connectivity index (χ1) is 14.4. The van der Waals surface area contributed by atoms with Crippen LogP contribution in [0.2, 0.25) is 0 Å². The standard InChI is InChI=1S/C22H19NO6S/c24-19-9-18-15-8-11-7-13(30(27,28)12-1-2-12)3-4-14(11)20(15)21-17(5-6-29-21)23(18)10-16(19)22(25)26/h3-4,7,9-10,12,17,21H,1-2,5-6,8H2,(H,25,26)/t17-,21+/m1/s1. The monoisotopic (exact) mass is 425 g/mol. The summed E-state index contributed by atoms with van der Waals surface area (Å²) in [4.78, 5) is 24.3. The Morgan fingerprint density at radius 3 is 2.70 bits per heavy atom. The van der Waals surface area contributed by atoms with E-state index in [1.165, 1.54) is 12.3 Å². The molecule has 1 saturated carbocycles. The molecule has 1 aromatic carbocycles. The van der Waals surface area contributed by atoms with Gasteiger partial charge >= 0.3 is 5.97 Å². The topological polar surface area (TPSA) is 103 Å². The van der Waals surface area contributed by atoms with Gasteiger partial charge in [0, 0.05) is 31.0 Å². The van der Waals surface area contributed by atoms with Gasteiger partial charge in [-0.15, -0.1) is 0 Å². The number of carbonyl (C=O) groups is 1. The van der Waals surface area contributed by atoms with E-state index < -0.39 is 21.2 Å². The number of fused-ring (bicyclic) bond motifs is 7. The second-order valence-corrected chi connectivity index (χ2v) is 10.7. The smallest absolute Gasteiger partial charge is 0.341 e. The lowest BCUT2D eigenvalue weighted by Crippen LogP contribution is -2.31. The van der Waals surface area contributed by atoms with Crippen molar-refractivity contribution in [2.24, 2.45) is 0 Å². The van der Waals surface area contributed by atoms with Gasteiger partial charge in [0.25, 0.3) is 0 Å². The molecule has 1 aromatic heterocycles. The number of aromatic nitrogens is 1. The van der Waals surface area contributed by atoms with Crippen molar-refractivity contribution < 1.29 is 23.1 Å². The molecule has 0 spiro atoms. The summed E-state index contributed by atoms with van der Waals surface area (Å²) in [5.41, 5.74) is 3.74. The van der Waals surface area contributed by atoms with Crippen molar-refractivity contribution in [3.8, 4) is 0 Å². The molecule has 0 amide bonds. The summed E-state index contributed by atoms with van der Waals surface area (Å²) in [7, 11) is -3.29. The molecule has 0 radical (unpaired) electrons. The molecule has 2 aromatic rings. The first kappa shape index (κ1) is 18.1. The van der Waals surface area contributed by atoms with Crippen molar-refractivity contribution in [3.05, 3.63) is 63.1 Å². The zero-order valence-corrected chi connectivity index (χ0v) is 16.8. The fraction of sp³-hybridized carbons (Fsp3) is 0.364. The molecule has 154 valence electrons. The molecule has 1 N–H and O–H groups in total. The van der Waals surface area contributed by atoms with Crippen LogP contribution in [-0.2, 0) is 21.0 Å². The van der Waals surface area contributed by atoms with Crippen LogP contribution in [0.4, 0.5) is 0 Å². The molecule has 4 aliphatic rings. The summed E-state index contributed by atoms with van der Waals surface area (Å²) in [6.45, 7) is 0.545. The van der Waals surface area contributed by atoms with Crippen molar-refractivity contribution in [3.63, 3.8) is 0 Å². The number of nitrogens with zero attached hydrogens (tertiary/aromatic N) is 1. The Balaban J connectivity index is 1.52. The van der Waals surface area contributed by atoms with Crippen molar-refractivity contribution >= 4 is 27.0 Å². The number of ether oxygens (including phenoxy) is 1. The summed E-state index contributed by atoms with van der Waals surface area (Å²) in [5, 5.41) is 9.11. The highest BCUT2D eigenvalue weighted by atomic mass is 32.2. The summed E-state index contributed by atoms with van der Waals surface area (Å²) in [6.07, 6.45) is 3.85. The number of hydrogen-bond donors (Lipinski definition) is 1. The van der Waals surface area contributed by atoms with Crippen LogP contribution < -0.4 is 5.43 Å². The number of pyridine rings is 1. The highest BCUT2D eigenvalue weighted by Gasteiger charge is 2.44. The van der Waals surface area contributed by atoms with Crippen LogP contribution in [0.5, 0.6) is 0 Å². The van der Waals surface area contributed by atoms with Gasteiger partial charge in [0.05, 0.1) is 16.2 Å². The molecule has 3 heterocycles. The Bertz CT molecular complexity index is 1330. The molecule has 7 nitrogen and oxygen atoms in total. The van der Waals surface area contributed by atoms with Crippen molar-refractivity contribution in [2.45, 2.75) is 48.0 Å². The minimum Gasteiger partial charge on any atom is -0.477 e. The van der Waals surface area contributed by atoms with E-state index in [-0.39, 0.29) is 23.0 Å². The summed E-state index contributed by atoms with van der Waals surface area (Å²) < 4.78 is 33.3. The molecular formula is C22H19NO6S. The molecule has 2 aliphatic carbocycles. The van der Waals surface area contributed by atoms with Gasteiger partial charge < -0.3 is 14.4 Å². The average Bonchev–Trinajstić information content (AvgIpc) is 3.34. The van der Waals surface area contributed by atoms with E-state index >= 15 is 0 Å². The van der Waals surface area contributed by atoms with Gasteiger partial charge in [-0.25, -0.2) is 13.2 Å². The molecule has 30 heavy (non-hydrogen) atoms. The highest BCUT2D eigenvalue weighted by Crippen LogP contribution is 2.50. The van der Waals surface area contributed by atoms with Gasteiger partial charge in [-0.3, -0.25) is 4.79 Å². The minimum atomic E-state index is -3.29.